The molecule has 3 rings (SSSR count). The van der Waals surface area contributed by atoms with Gasteiger partial charge in [-0.15, -0.1) is 0 Å². The summed E-state index contributed by atoms with van der Waals surface area (Å²) in [7, 11) is 0. The highest BCUT2D eigenvalue weighted by molar-refractivity contribution is 5.82. The Labute approximate surface area is 119 Å². The lowest BCUT2D eigenvalue weighted by Crippen LogP contribution is -2.36. The Balaban J connectivity index is 1.84. The van der Waals surface area contributed by atoms with Gasteiger partial charge in [-0.2, -0.15) is 0 Å². The molecule has 0 unspecified atom stereocenters. The standard InChI is InChI=1S/C16H21N3O/c17-7-1-2-14-4-3-13-12-15(5-6-16(13)18-14)19-8-10-20-11-9-19/h3-6,12H,1-2,7-11,17H2. The van der Waals surface area contributed by atoms with Gasteiger partial charge in [0.05, 0.1) is 18.7 Å². The first-order valence-electron chi connectivity index (χ1n) is 7.29. The summed E-state index contributed by atoms with van der Waals surface area (Å²) in [6, 6.07) is 10.8. The van der Waals surface area contributed by atoms with Gasteiger partial charge in [0.1, 0.15) is 0 Å². The molecule has 1 fully saturated rings. The third-order valence-electron chi connectivity index (χ3n) is 3.74. The van der Waals surface area contributed by atoms with Gasteiger partial charge in [-0.25, -0.2) is 0 Å². The lowest BCUT2D eigenvalue weighted by molar-refractivity contribution is 0.122. The molecule has 2 heterocycles. The average Bonchev–Trinajstić information content (AvgIpc) is 2.53. The maximum Gasteiger partial charge on any atom is 0.0706 e. The highest BCUT2D eigenvalue weighted by atomic mass is 16.5. The molecule has 0 saturated carbocycles. The molecular formula is C16H21N3O. The first kappa shape index (κ1) is 13.3. The lowest BCUT2D eigenvalue weighted by atomic mass is 10.1. The van der Waals surface area contributed by atoms with Crippen LogP contribution in [-0.4, -0.2) is 37.8 Å². The minimum atomic E-state index is 0.718. The minimum absolute atomic E-state index is 0.718. The Hall–Kier alpha value is -1.65. The van der Waals surface area contributed by atoms with Crippen molar-refractivity contribution in [3.05, 3.63) is 36.0 Å². The number of ether oxygens (including phenoxy) is 1. The second-order valence-electron chi connectivity index (χ2n) is 5.17. The lowest BCUT2D eigenvalue weighted by Gasteiger charge is -2.29. The molecule has 0 amide bonds. The predicted molar refractivity (Wildman–Crippen MR) is 82.2 cm³/mol. The van der Waals surface area contributed by atoms with Crippen LogP contribution in [0.2, 0.25) is 0 Å². The van der Waals surface area contributed by atoms with E-state index in [1.807, 2.05) is 0 Å². The predicted octanol–water partition coefficient (Wildman–Crippen LogP) is 1.96. The van der Waals surface area contributed by atoms with Gasteiger partial charge < -0.3 is 15.4 Å². The van der Waals surface area contributed by atoms with E-state index in [-0.39, 0.29) is 0 Å². The van der Waals surface area contributed by atoms with Crippen molar-refractivity contribution in [3.8, 4) is 0 Å². The van der Waals surface area contributed by atoms with Crippen molar-refractivity contribution in [1.29, 1.82) is 0 Å². The van der Waals surface area contributed by atoms with Crippen molar-refractivity contribution in [2.24, 2.45) is 5.73 Å². The van der Waals surface area contributed by atoms with E-state index in [9.17, 15) is 0 Å². The third-order valence-corrected chi connectivity index (χ3v) is 3.74. The van der Waals surface area contributed by atoms with Crippen molar-refractivity contribution in [2.45, 2.75) is 12.8 Å². The fourth-order valence-corrected chi connectivity index (χ4v) is 2.60. The zero-order valence-corrected chi connectivity index (χ0v) is 11.7. The molecule has 1 aromatic heterocycles. The maximum atomic E-state index is 5.55. The fraction of sp³-hybridized carbons (Fsp3) is 0.438. The summed E-state index contributed by atoms with van der Waals surface area (Å²) >= 11 is 0. The molecule has 2 N–H and O–H groups in total. The van der Waals surface area contributed by atoms with Crippen LogP contribution in [0.15, 0.2) is 30.3 Å². The van der Waals surface area contributed by atoms with Crippen molar-refractivity contribution >= 4 is 16.6 Å². The molecule has 106 valence electrons. The Morgan fingerprint density at radius 2 is 2.00 bits per heavy atom. The first-order chi connectivity index (χ1) is 9.86. The number of rotatable bonds is 4. The molecule has 1 aliphatic heterocycles. The quantitative estimate of drug-likeness (QED) is 0.923. The van der Waals surface area contributed by atoms with Crippen molar-refractivity contribution < 1.29 is 4.74 Å². The van der Waals surface area contributed by atoms with Crippen molar-refractivity contribution in [2.75, 3.05) is 37.7 Å². The highest BCUT2D eigenvalue weighted by Gasteiger charge is 2.11. The Morgan fingerprint density at radius 1 is 1.15 bits per heavy atom. The van der Waals surface area contributed by atoms with Gasteiger partial charge in [0.15, 0.2) is 0 Å². The number of pyridine rings is 1. The number of benzene rings is 1. The summed E-state index contributed by atoms with van der Waals surface area (Å²) in [6.07, 6.45) is 1.95. The van der Waals surface area contributed by atoms with Crippen LogP contribution in [0.3, 0.4) is 0 Å². The molecule has 0 bridgehead atoms. The van der Waals surface area contributed by atoms with Gasteiger partial charge >= 0.3 is 0 Å². The third kappa shape index (κ3) is 2.92. The van der Waals surface area contributed by atoms with Crippen LogP contribution < -0.4 is 10.6 Å². The summed E-state index contributed by atoms with van der Waals surface area (Å²) in [5.41, 5.74) is 9.00. The molecule has 1 saturated heterocycles. The normalized spacial score (nSPS) is 15.8. The minimum Gasteiger partial charge on any atom is -0.378 e. The number of hydrogen-bond acceptors (Lipinski definition) is 4. The van der Waals surface area contributed by atoms with Crippen LogP contribution in [0.25, 0.3) is 10.9 Å². The summed E-state index contributed by atoms with van der Waals surface area (Å²) < 4.78 is 5.40. The Morgan fingerprint density at radius 3 is 2.80 bits per heavy atom. The number of aromatic nitrogens is 1. The topological polar surface area (TPSA) is 51.4 Å². The van der Waals surface area contributed by atoms with E-state index >= 15 is 0 Å². The second kappa shape index (κ2) is 6.20. The molecule has 4 heteroatoms. The zero-order valence-electron chi connectivity index (χ0n) is 11.7. The first-order valence-corrected chi connectivity index (χ1v) is 7.29. The number of anilines is 1. The SMILES string of the molecule is NCCCc1ccc2cc(N3CCOCC3)ccc2n1. The monoisotopic (exact) mass is 271 g/mol. The number of nitrogens with zero attached hydrogens (tertiary/aromatic N) is 2. The van der Waals surface area contributed by atoms with Gasteiger partial charge in [0.2, 0.25) is 0 Å². The fourth-order valence-electron chi connectivity index (χ4n) is 2.60. The van der Waals surface area contributed by atoms with Crippen LogP contribution in [0.5, 0.6) is 0 Å². The smallest absolute Gasteiger partial charge is 0.0706 e. The van der Waals surface area contributed by atoms with Crippen LogP contribution in [0.1, 0.15) is 12.1 Å². The summed E-state index contributed by atoms with van der Waals surface area (Å²) in [5.74, 6) is 0. The Bertz CT molecular complexity index is 579. The van der Waals surface area contributed by atoms with Crippen LogP contribution in [-0.2, 0) is 11.2 Å². The van der Waals surface area contributed by atoms with E-state index in [4.69, 9.17) is 15.5 Å². The van der Waals surface area contributed by atoms with Crippen molar-refractivity contribution in [1.82, 2.24) is 4.98 Å². The van der Waals surface area contributed by atoms with Crippen LogP contribution >= 0.6 is 0 Å². The number of nitrogens with two attached hydrogens (primary N) is 1. The highest BCUT2D eigenvalue weighted by Crippen LogP contribution is 2.22. The molecule has 1 aliphatic rings. The summed E-state index contributed by atoms with van der Waals surface area (Å²) in [5, 5.41) is 1.20. The van der Waals surface area contributed by atoms with Crippen LogP contribution in [0, 0.1) is 0 Å². The number of aryl methyl sites for hydroxylation is 1. The van der Waals surface area contributed by atoms with Gasteiger partial charge in [0, 0.05) is 29.9 Å². The van der Waals surface area contributed by atoms with E-state index in [0.29, 0.717) is 0 Å². The molecule has 0 atom stereocenters. The molecule has 1 aromatic carbocycles. The van der Waals surface area contributed by atoms with E-state index < -0.39 is 0 Å². The molecule has 2 aromatic rings. The number of hydrogen-bond donors (Lipinski definition) is 1. The van der Waals surface area contributed by atoms with Gasteiger partial charge in [-0.3, -0.25) is 4.98 Å². The zero-order chi connectivity index (χ0) is 13.8. The molecule has 4 nitrogen and oxygen atoms in total. The van der Waals surface area contributed by atoms with E-state index in [1.54, 1.807) is 0 Å². The molecule has 20 heavy (non-hydrogen) atoms. The largest absolute Gasteiger partial charge is 0.378 e. The Kier molecular flexibility index (Phi) is 4.14. The van der Waals surface area contributed by atoms with Crippen molar-refractivity contribution in [3.63, 3.8) is 0 Å². The number of morpholine rings is 1. The van der Waals surface area contributed by atoms with Gasteiger partial charge in [-0.1, -0.05) is 6.07 Å². The summed E-state index contributed by atoms with van der Waals surface area (Å²) in [6.45, 7) is 4.28. The van der Waals surface area contributed by atoms with E-state index in [0.717, 1.165) is 56.9 Å². The molecule has 0 spiro atoms. The van der Waals surface area contributed by atoms with E-state index in [2.05, 4.69) is 35.2 Å². The van der Waals surface area contributed by atoms with E-state index in [1.165, 1.54) is 11.1 Å². The molecule has 0 aliphatic carbocycles. The molecular weight excluding hydrogens is 250 g/mol. The average molecular weight is 271 g/mol. The second-order valence-corrected chi connectivity index (χ2v) is 5.17. The maximum absolute atomic E-state index is 5.55. The summed E-state index contributed by atoms with van der Waals surface area (Å²) in [4.78, 5) is 7.07. The van der Waals surface area contributed by atoms with Gasteiger partial charge in [0.25, 0.3) is 0 Å². The number of fused-ring (bicyclic) bond motifs is 1. The molecule has 0 radical (unpaired) electrons. The van der Waals surface area contributed by atoms with Crippen LogP contribution in [0.4, 0.5) is 5.69 Å². The van der Waals surface area contributed by atoms with Gasteiger partial charge in [-0.05, 0) is 43.7 Å².